The van der Waals surface area contributed by atoms with Gasteiger partial charge in [0, 0.05) is 24.2 Å². The Balaban J connectivity index is 1.71. The quantitative estimate of drug-likeness (QED) is 0.474. The molecule has 0 atom stereocenters. The number of rotatable bonds is 8. The van der Waals surface area contributed by atoms with Crippen LogP contribution in [0.1, 0.15) is 21.5 Å². The predicted molar refractivity (Wildman–Crippen MR) is 119 cm³/mol. The fourth-order valence-electron chi connectivity index (χ4n) is 2.81. The summed E-state index contributed by atoms with van der Waals surface area (Å²) in [6.07, 6.45) is 1.27. The maximum atomic E-state index is 13.8. The van der Waals surface area contributed by atoms with Crippen molar-refractivity contribution in [2.75, 3.05) is 13.6 Å². The number of hydrogen-bond donors (Lipinski definition) is 2. The van der Waals surface area contributed by atoms with Crippen molar-refractivity contribution in [2.24, 2.45) is 0 Å². The van der Waals surface area contributed by atoms with E-state index in [4.69, 9.17) is 4.74 Å². The van der Waals surface area contributed by atoms with E-state index >= 15 is 0 Å². The number of nitrogens with one attached hydrogen (secondary N) is 2. The summed E-state index contributed by atoms with van der Waals surface area (Å²) in [5.74, 6) is -2.26. The van der Waals surface area contributed by atoms with E-state index in [1.54, 1.807) is 24.3 Å². The molecule has 8 nitrogen and oxygen atoms in total. The molecule has 0 radical (unpaired) electrons. The number of amides is 2. The lowest BCUT2D eigenvalue weighted by Crippen LogP contribution is -2.35. The summed E-state index contributed by atoms with van der Waals surface area (Å²) in [5, 5.41) is 4.91. The maximum absolute atomic E-state index is 13.8. The Bertz CT molecular complexity index is 1250. The standard InChI is InChI=1S/C22H19BrF2N4O4/c1-26-18(30)9-27-20(31)14-4-2-3-13(7-14)10-29-12-28-21(19(23)22(29)32)33-11-15-5-6-16(24)8-17(15)25/h2-8,12H,9-11H2,1H3,(H,26,30)(H,27,31). The molecule has 11 heteroatoms. The highest BCUT2D eigenvalue weighted by atomic mass is 79.9. The first-order valence-electron chi connectivity index (χ1n) is 9.68. The van der Waals surface area contributed by atoms with Gasteiger partial charge in [-0.1, -0.05) is 12.1 Å². The first-order chi connectivity index (χ1) is 15.8. The summed E-state index contributed by atoms with van der Waals surface area (Å²) >= 11 is 3.15. The van der Waals surface area contributed by atoms with Crippen molar-refractivity contribution in [3.63, 3.8) is 0 Å². The lowest BCUT2D eigenvalue weighted by Gasteiger charge is -2.11. The Labute approximate surface area is 195 Å². The second kappa shape index (κ2) is 10.8. The van der Waals surface area contributed by atoms with E-state index in [1.807, 2.05) is 0 Å². The van der Waals surface area contributed by atoms with Crippen LogP contribution in [0.25, 0.3) is 0 Å². The molecule has 2 aromatic carbocycles. The van der Waals surface area contributed by atoms with E-state index in [1.165, 1.54) is 24.0 Å². The normalized spacial score (nSPS) is 10.5. The summed E-state index contributed by atoms with van der Waals surface area (Å²) in [4.78, 5) is 40.3. The maximum Gasteiger partial charge on any atom is 0.271 e. The molecule has 0 fully saturated rings. The zero-order chi connectivity index (χ0) is 24.0. The lowest BCUT2D eigenvalue weighted by atomic mass is 10.1. The van der Waals surface area contributed by atoms with Gasteiger partial charge >= 0.3 is 0 Å². The zero-order valence-electron chi connectivity index (χ0n) is 17.4. The Kier molecular flexibility index (Phi) is 7.88. The van der Waals surface area contributed by atoms with Crippen LogP contribution in [0.3, 0.4) is 0 Å². The van der Waals surface area contributed by atoms with E-state index in [2.05, 4.69) is 31.5 Å². The van der Waals surface area contributed by atoms with Crippen molar-refractivity contribution in [3.8, 4) is 5.88 Å². The second-order valence-corrected chi connectivity index (χ2v) is 7.67. The lowest BCUT2D eigenvalue weighted by molar-refractivity contribution is -0.119. The third-order valence-corrected chi connectivity index (χ3v) is 5.24. The fraction of sp³-hybridized carbons (Fsp3) is 0.182. The number of halogens is 3. The van der Waals surface area contributed by atoms with Crippen molar-refractivity contribution in [1.82, 2.24) is 20.2 Å². The van der Waals surface area contributed by atoms with Gasteiger partial charge in [-0.2, -0.15) is 0 Å². The van der Waals surface area contributed by atoms with Crippen molar-refractivity contribution in [2.45, 2.75) is 13.2 Å². The zero-order valence-corrected chi connectivity index (χ0v) is 19.0. The molecular weight excluding hydrogens is 502 g/mol. The minimum absolute atomic E-state index is 0.0343. The number of benzene rings is 2. The fourth-order valence-corrected chi connectivity index (χ4v) is 3.25. The molecule has 33 heavy (non-hydrogen) atoms. The van der Waals surface area contributed by atoms with Gasteiger partial charge in [-0.3, -0.25) is 19.0 Å². The molecule has 0 unspecified atom stereocenters. The molecule has 0 spiro atoms. The molecule has 172 valence electrons. The Morgan fingerprint density at radius 1 is 1.18 bits per heavy atom. The van der Waals surface area contributed by atoms with Crippen LogP contribution in [-0.4, -0.2) is 35.0 Å². The average Bonchev–Trinajstić information content (AvgIpc) is 2.81. The number of likely N-dealkylation sites (N-methyl/N-ethyl adjacent to an activating group) is 1. The predicted octanol–water partition coefficient (Wildman–Crippen LogP) is 2.39. The summed E-state index contributed by atoms with van der Waals surface area (Å²) in [6.45, 7) is -0.276. The molecule has 1 aromatic heterocycles. The van der Waals surface area contributed by atoms with Gasteiger partial charge < -0.3 is 15.4 Å². The number of hydrogen-bond acceptors (Lipinski definition) is 5. The highest BCUT2D eigenvalue weighted by Crippen LogP contribution is 2.20. The Hall–Kier alpha value is -3.60. The van der Waals surface area contributed by atoms with Gasteiger partial charge in [0.15, 0.2) is 0 Å². The SMILES string of the molecule is CNC(=O)CNC(=O)c1cccc(Cn2cnc(OCc3ccc(F)cc3F)c(Br)c2=O)c1. The van der Waals surface area contributed by atoms with E-state index in [9.17, 15) is 23.2 Å². The third kappa shape index (κ3) is 6.22. The minimum Gasteiger partial charge on any atom is -0.472 e. The number of nitrogens with zero attached hydrogens (tertiary/aromatic N) is 2. The van der Waals surface area contributed by atoms with Gasteiger partial charge in [0.25, 0.3) is 11.5 Å². The van der Waals surface area contributed by atoms with Crippen LogP contribution >= 0.6 is 15.9 Å². The number of carbonyl (C=O) groups excluding carboxylic acids is 2. The van der Waals surface area contributed by atoms with E-state index < -0.39 is 23.1 Å². The largest absolute Gasteiger partial charge is 0.472 e. The van der Waals surface area contributed by atoms with Crippen LogP contribution in [0.5, 0.6) is 5.88 Å². The first-order valence-corrected chi connectivity index (χ1v) is 10.5. The smallest absolute Gasteiger partial charge is 0.271 e. The number of ether oxygens (including phenoxy) is 1. The van der Waals surface area contributed by atoms with Gasteiger partial charge in [0.2, 0.25) is 11.8 Å². The number of aromatic nitrogens is 2. The minimum atomic E-state index is -0.765. The molecule has 0 aliphatic rings. The molecule has 1 heterocycles. The number of carbonyl (C=O) groups is 2. The third-order valence-electron chi connectivity index (χ3n) is 4.56. The van der Waals surface area contributed by atoms with Crippen LogP contribution < -0.4 is 20.9 Å². The van der Waals surface area contributed by atoms with Crippen molar-refractivity contribution < 1.29 is 23.1 Å². The second-order valence-electron chi connectivity index (χ2n) is 6.88. The molecule has 0 bridgehead atoms. The van der Waals surface area contributed by atoms with Crippen LogP contribution in [0.15, 0.2) is 58.1 Å². The molecule has 0 saturated heterocycles. The summed E-state index contributed by atoms with van der Waals surface area (Å²) in [7, 11) is 1.47. The molecule has 0 saturated carbocycles. The van der Waals surface area contributed by atoms with Gasteiger partial charge in [-0.25, -0.2) is 13.8 Å². The van der Waals surface area contributed by atoms with Crippen molar-refractivity contribution in [3.05, 3.63) is 91.9 Å². The molecule has 2 amide bonds. The van der Waals surface area contributed by atoms with Crippen LogP contribution in [0, 0.1) is 11.6 Å². The van der Waals surface area contributed by atoms with Gasteiger partial charge in [0.1, 0.15) is 29.0 Å². The molecule has 0 aliphatic carbocycles. The van der Waals surface area contributed by atoms with Crippen molar-refractivity contribution >= 4 is 27.7 Å². The van der Waals surface area contributed by atoms with Crippen LogP contribution in [0.2, 0.25) is 0 Å². The summed E-state index contributed by atoms with van der Waals surface area (Å²) in [5.41, 5.74) is 0.646. The monoisotopic (exact) mass is 520 g/mol. The van der Waals surface area contributed by atoms with E-state index in [0.717, 1.165) is 12.1 Å². The Morgan fingerprint density at radius 3 is 2.70 bits per heavy atom. The van der Waals surface area contributed by atoms with Crippen molar-refractivity contribution in [1.29, 1.82) is 0 Å². The van der Waals surface area contributed by atoms with Gasteiger partial charge in [0.05, 0.1) is 13.1 Å². The van der Waals surface area contributed by atoms with Crippen LogP contribution in [0.4, 0.5) is 8.78 Å². The summed E-state index contributed by atoms with van der Waals surface area (Å²) in [6, 6.07) is 9.68. The molecule has 3 rings (SSSR count). The summed E-state index contributed by atoms with van der Waals surface area (Å²) < 4.78 is 33.5. The highest BCUT2D eigenvalue weighted by Gasteiger charge is 2.14. The van der Waals surface area contributed by atoms with Gasteiger partial charge in [-0.15, -0.1) is 0 Å². The molecule has 2 N–H and O–H groups in total. The van der Waals surface area contributed by atoms with E-state index in [-0.39, 0.29) is 41.5 Å². The molecular formula is C22H19BrF2N4O4. The molecule has 3 aromatic rings. The van der Waals surface area contributed by atoms with Gasteiger partial charge in [-0.05, 0) is 45.8 Å². The average molecular weight is 521 g/mol. The topological polar surface area (TPSA) is 102 Å². The molecule has 0 aliphatic heterocycles. The first kappa shape index (κ1) is 24.1. The van der Waals surface area contributed by atoms with E-state index in [0.29, 0.717) is 11.1 Å². The van der Waals surface area contributed by atoms with Crippen LogP contribution in [-0.2, 0) is 17.9 Å². The highest BCUT2D eigenvalue weighted by molar-refractivity contribution is 9.10. The Morgan fingerprint density at radius 2 is 1.97 bits per heavy atom.